The van der Waals surface area contributed by atoms with Gasteiger partial charge in [-0.05, 0) is 0 Å². The molecule has 51 valence electrons. The van der Waals surface area contributed by atoms with Crippen molar-refractivity contribution in [2.45, 2.75) is 47.0 Å². The molecule has 0 aromatic rings. The first-order chi connectivity index (χ1) is 3.41. The molecule has 0 saturated carbocycles. The van der Waals surface area contributed by atoms with E-state index in [1.165, 1.54) is 19.3 Å². The molecular formula is C7H18V. The fraction of sp³-hybridized carbons (Fsp3) is 1.00. The SMILES string of the molecule is CC.CCCCC.[V]. The van der Waals surface area contributed by atoms with Gasteiger partial charge in [0.2, 0.25) is 0 Å². The Morgan fingerprint density at radius 2 is 1.12 bits per heavy atom. The molecule has 0 aromatic carbocycles. The maximum Gasteiger partial charge on any atom is 0 e. The van der Waals surface area contributed by atoms with E-state index in [0.29, 0.717) is 0 Å². The Labute approximate surface area is 65.9 Å². The second-order valence-corrected chi connectivity index (χ2v) is 1.35. The van der Waals surface area contributed by atoms with E-state index in [1.807, 2.05) is 13.8 Å². The van der Waals surface area contributed by atoms with Crippen LogP contribution in [-0.2, 0) is 18.6 Å². The van der Waals surface area contributed by atoms with Gasteiger partial charge in [0.15, 0.2) is 0 Å². The summed E-state index contributed by atoms with van der Waals surface area (Å²) in [5.41, 5.74) is 0. The maximum absolute atomic E-state index is 2.21. The van der Waals surface area contributed by atoms with Crippen LogP contribution in [0.3, 0.4) is 0 Å². The van der Waals surface area contributed by atoms with Gasteiger partial charge in [0.1, 0.15) is 0 Å². The van der Waals surface area contributed by atoms with Crippen molar-refractivity contribution in [2.24, 2.45) is 0 Å². The van der Waals surface area contributed by atoms with Gasteiger partial charge in [-0.1, -0.05) is 47.0 Å². The molecule has 0 rings (SSSR count). The van der Waals surface area contributed by atoms with Crippen LogP contribution in [0.15, 0.2) is 0 Å². The Hall–Kier alpha value is 0.584. The van der Waals surface area contributed by atoms with Gasteiger partial charge < -0.3 is 0 Å². The van der Waals surface area contributed by atoms with Crippen LogP contribution in [0.5, 0.6) is 0 Å². The van der Waals surface area contributed by atoms with E-state index < -0.39 is 0 Å². The molecule has 0 heterocycles. The van der Waals surface area contributed by atoms with Crippen molar-refractivity contribution < 1.29 is 18.6 Å². The average Bonchev–Trinajstić information content (AvgIpc) is 1.75. The van der Waals surface area contributed by atoms with Crippen molar-refractivity contribution in [3.05, 3.63) is 0 Å². The predicted molar refractivity (Wildman–Crippen MR) is 36.5 cm³/mol. The topological polar surface area (TPSA) is 0 Å². The van der Waals surface area contributed by atoms with Gasteiger partial charge >= 0.3 is 0 Å². The molecule has 0 unspecified atom stereocenters. The molecular weight excluding hydrogens is 135 g/mol. The Morgan fingerprint density at radius 3 is 1.12 bits per heavy atom. The zero-order valence-corrected chi connectivity index (χ0v) is 7.97. The molecule has 0 aliphatic heterocycles. The van der Waals surface area contributed by atoms with Crippen LogP contribution < -0.4 is 0 Å². The molecule has 0 amide bonds. The fourth-order valence-electron chi connectivity index (χ4n) is 0.354. The van der Waals surface area contributed by atoms with Gasteiger partial charge in [-0.25, -0.2) is 0 Å². The molecule has 0 N–H and O–H groups in total. The smallest absolute Gasteiger partial charge is 0 e. The van der Waals surface area contributed by atoms with E-state index in [9.17, 15) is 0 Å². The molecule has 0 fully saturated rings. The summed E-state index contributed by atoms with van der Waals surface area (Å²) >= 11 is 0. The standard InChI is InChI=1S/C5H12.C2H6.V/c1-3-5-4-2;1-2;/h3-5H2,1-2H3;1-2H3;. The minimum absolute atomic E-state index is 0. The molecule has 1 heteroatoms. The normalized spacial score (nSPS) is 6.00. The number of rotatable bonds is 2. The molecule has 0 aliphatic rings. The molecule has 0 bridgehead atoms. The molecule has 0 spiro atoms. The Kier molecular flexibility index (Phi) is 50.7. The van der Waals surface area contributed by atoms with Crippen molar-refractivity contribution in [1.82, 2.24) is 0 Å². The minimum Gasteiger partial charge on any atom is -0.0683 e. The van der Waals surface area contributed by atoms with Crippen LogP contribution in [0, 0.1) is 0 Å². The van der Waals surface area contributed by atoms with E-state index >= 15 is 0 Å². The van der Waals surface area contributed by atoms with E-state index in [4.69, 9.17) is 0 Å². The molecule has 8 heavy (non-hydrogen) atoms. The van der Waals surface area contributed by atoms with Crippen molar-refractivity contribution >= 4 is 0 Å². The minimum atomic E-state index is 0. The third-order valence-electron chi connectivity index (χ3n) is 0.707. The van der Waals surface area contributed by atoms with Gasteiger partial charge in [0.25, 0.3) is 0 Å². The fourth-order valence-corrected chi connectivity index (χ4v) is 0.354. The Bertz CT molecular complexity index is 11.9. The summed E-state index contributed by atoms with van der Waals surface area (Å²) in [4.78, 5) is 0. The van der Waals surface area contributed by atoms with Crippen LogP contribution in [0.4, 0.5) is 0 Å². The first-order valence-electron chi connectivity index (χ1n) is 3.41. The van der Waals surface area contributed by atoms with E-state index in [0.717, 1.165) is 0 Å². The molecule has 0 atom stereocenters. The number of unbranched alkanes of at least 4 members (excludes halogenated alkanes) is 2. The molecule has 0 saturated heterocycles. The van der Waals surface area contributed by atoms with Crippen LogP contribution in [-0.4, -0.2) is 0 Å². The summed E-state index contributed by atoms with van der Waals surface area (Å²) in [5, 5.41) is 0. The second-order valence-electron chi connectivity index (χ2n) is 1.35. The van der Waals surface area contributed by atoms with Crippen LogP contribution in [0.1, 0.15) is 47.0 Å². The third kappa shape index (κ3) is 30.7. The van der Waals surface area contributed by atoms with Gasteiger partial charge in [0.05, 0.1) is 0 Å². The van der Waals surface area contributed by atoms with Crippen LogP contribution in [0.25, 0.3) is 0 Å². The van der Waals surface area contributed by atoms with E-state index in [-0.39, 0.29) is 18.6 Å². The predicted octanol–water partition coefficient (Wildman–Crippen LogP) is 3.22. The number of hydrogen-bond acceptors (Lipinski definition) is 0. The number of hydrogen-bond donors (Lipinski definition) is 0. The summed E-state index contributed by atoms with van der Waals surface area (Å²) in [5.74, 6) is 0. The Balaban J connectivity index is -0.0000000750. The zero-order valence-electron chi connectivity index (χ0n) is 6.57. The Morgan fingerprint density at radius 1 is 0.875 bits per heavy atom. The largest absolute Gasteiger partial charge is 0.0683 e. The molecule has 0 nitrogen and oxygen atoms in total. The quantitative estimate of drug-likeness (QED) is 0.571. The maximum atomic E-state index is 2.21. The first-order valence-corrected chi connectivity index (χ1v) is 3.41. The van der Waals surface area contributed by atoms with Crippen molar-refractivity contribution in [3.63, 3.8) is 0 Å². The van der Waals surface area contributed by atoms with Crippen LogP contribution in [0.2, 0.25) is 0 Å². The third-order valence-corrected chi connectivity index (χ3v) is 0.707. The zero-order chi connectivity index (χ0) is 6.12. The summed E-state index contributed by atoms with van der Waals surface area (Å²) in [6.07, 6.45) is 4.08. The van der Waals surface area contributed by atoms with Gasteiger partial charge in [0, 0.05) is 18.6 Å². The monoisotopic (exact) mass is 153 g/mol. The van der Waals surface area contributed by atoms with E-state index in [1.54, 1.807) is 0 Å². The summed E-state index contributed by atoms with van der Waals surface area (Å²) < 4.78 is 0. The van der Waals surface area contributed by atoms with Gasteiger partial charge in [-0.2, -0.15) is 0 Å². The van der Waals surface area contributed by atoms with Crippen LogP contribution >= 0.6 is 0 Å². The molecule has 1 radical (unpaired) electrons. The van der Waals surface area contributed by atoms with E-state index in [2.05, 4.69) is 13.8 Å². The summed E-state index contributed by atoms with van der Waals surface area (Å²) in [6.45, 7) is 8.42. The van der Waals surface area contributed by atoms with Crippen molar-refractivity contribution in [2.75, 3.05) is 0 Å². The second kappa shape index (κ2) is 25.6. The average molecular weight is 153 g/mol. The first kappa shape index (κ1) is 15.8. The summed E-state index contributed by atoms with van der Waals surface area (Å²) in [7, 11) is 0. The van der Waals surface area contributed by atoms with Gasteiger partial charge in [-0.3, -0.25) is 0 Å². The molecule has 0 aliphatic carbocycles. The molecule has 0 aromatic heterocycles. The van der Waals surface area contributed by atoms with Crippen molar-refractivity contribution in [1.29, 1.82) is 0 Å². The van der Waals surface area contributed by atoms with Crippen molar-refractivity contribution in [3.8, 4) is 0 Å². The van der Waals surface area contributed by atoms with Gasteiger partial charge in [-0.15, -0.1) is 0 Å². The summed E-state index contributed by atoms with van der Waals surface area (Å²) in [6, 6.07) is 0.